The summed E-state index contributed by atoms with van der Waals surface area (Å²) in [5.41, 5.74) is 9.98. The monoisotopic (exact) mass is 266 g/mol. The van der Waals surface area contributed by atoms with E-state index < -0.39 is 0 Å². The van der Waals surface area contributed by atoms with Gasteiger partial charge in [-0.05, 0) is 18.1 Å². The largest absolute Gasteiger partial charge is 0.326 e. The zero-order valence-corrected chi connectivity index (χ0v) is 11.6. The number of imidazole rings is 1. The van der Waals surface area contributed by atoms with E-state index >= 15 is 0 Å². The first kappa shape index (κ1) is 12.8. The second kappa shape index (κ2) is 5.43. The molecule has 0 saturated carbocycles. The number of nitrogens with two attached hydrogens (primary N) is 1. The number of hydrogen-bond acceptors (Lipinski definition) is 3. The molecule has 0 unspecified atom stereocenters. The predicted octanol–water partition coefficient (Wildman–Crippen LogP) is 2.97. The summed E-state index contributed by atoms with van der Waals surface area (Å²) >= 11 is 0. The average Bonchev–Trinajstić information content (AvgIpc) is 2.87. The van der Waals surface area contributed by atoms with Crippen LogP contribution in [0.15, 0.2) is 42.7 Å². The molecule has 2 aromatic heterocycles. The zero-order chi connectivity index (χ0) is 13.9. The lowest BCUT2D eigenvalue weighted by atomic mass is 10.1. The first-order valence-electron chi connectivity index (χ1n) is 6.93. The molecule has 4 nitrogen and oxygen atoms in total. The number of aromatic nitrogens is 3. The van der Waals surface area contributed by atoms with Crippen molar-refractivity contribution in [3.05, 3.63) is 48.3 Å². The van der Waals surface area contributed by atoms with Crippen LogP contribution in [0.25, 0.3) is 22.4 Å². The van der Waals surface area contributed by atoms with Crippen molar-refractivity contribution in [3.63, 3.8) is 0 Å². The Kier molecular flexibility index (Phi) is 3.48. The molecule has 0 aliphatic carbocycles. The van der Waals surface area contributed by atoms with Crippen molar-refractivity contribution in [3.8, 4) is 11.4 Å². The van der Waals surface area contributed by atoms with Crippen LogP contribution in [-0.4, -0.2) is 14.5 Å². The zero-order valence-electron chi connectivity index (χ0n) is 11.6. The van der Waals surface area contributed by atoms with Crippen molar-refractivity contribution in [1.29, 1.82) is 0 Å². The minimum absolute atomic E-state index is 0.565. The molecule has 0 amide bonds. The van der Waals surface area contributed by atoms with E-state index in [1.807, 2.05) is 18.5 Å². The number of aryl methyl sites for hydroxylation is 1. The Bertz CT molecular complexity index is 713. The summed E-state index contributed by atoms with van der Waals surface area (Å²) < 4.78 is 2.26. The van der Waals surface area contributed by atoms with E-state index in [0.29, 0.717) is 6.54 Å². The van der Waals surface area contributed by atoms with Gasteiger partial charge in [-0.1, -0.05) is 31.2 Å². The lowest BCUT2D eigenvalue weighted by molar-refractivity contribution is 0.704. The molecule has 0 saturated heterocycles. The lowest BCUT2D eigenvalue weighted by Crippen LogP contribution is -2.00. The van der Waals surface area contributed by atoms with E-state index in [-0.39, 0.29) is 0 Å². The van der Waals surface area contributed by atoms with Crippen LogP contribution in [0.4, 0.5) is 0 Å². The highest BCUT2D eigenvalue weighted by Gasteiger charge is 2.11. The van der Waals surface area contributed by atoms with Crippen molar-refractivity contribution in [1.82, 2.24) is 14.5 Å². The third kappa shape index (κ3) is 2.18. The molecule has 3 aromatic rings. The maximum atomic E-state index is 5.65. The maximum absolute atomic E-state index is 5.65. The van der Waals surface area contributed by atoms with Crippen molar-refractivity contribution in [2.45, 2.75) is 26.4 Å². The van der Waals surface area contributed by atoms with E-state index in [1.165, 1.54) is 0 Å². The SMILES string of the molecule is CCCn1c(-c2ccc(CN)cc2)nc2cnccc21. The van der Waals surface area contributed by atoms with E-state index in [1.54, 1.807) is 0 Å². The predicted molar refractivity (Wildman–Crippen MR) is 81.1 cm³/mol. The quantitative estimate of drug-likeness (QED) is 0.789. The van der Waals surface area contributed by atoms with Gasteiger partial charge in [0, 0.05) is 24.8 Å². The normalized spacial score (nSPS) is 11.1. The molecule has 3 rings (SSSR count). The van der Waals surface area contributed by atoms with Crippen molar-refractivity contribution in [2.75, 3.05) is 0 Å². The Morgan fingerprint density at radius 2 is 1.95 bits per heavy atom. The second-order valence-electron chi connectivity index (χ2n) is 4.85. The molecular formula is C16H18N4. The molecule has 0 aliphatic rings. The molecule has 0 aliphatic heterocycles. The molecule has 0 fully saturated rings. The van der Waals surface area contributed by atoms with Crippen LogP contribution in [0.5, 0.6) is 0 Å². The van der Waals surface area contributed by atoms with Gasteiger partial charge >= 0.3 is 0 Å². The number of benzene rings is 1. The first-order valence-corrected chi connectivity index (χ1v) is 6.93. The Hall–Kier alpha value is -2.20. The number of nitrogens with zero attached hydrogens (tertiary/aromatic N) is 3. The van der Waals surface area contributed by atoms with Crippen LogP contribution in [0, 0.1) is 0 Å². The summed E-state index contributed by atoms with van der Waals surface area (Å²) in [5, 5.41) is 0. The molecule has 2 N–H and O–H groups in total. The smallest absolute Gasteiger partial charge is 0.141 e. The molecule has 102 valence electrons. The number of pyridine rings is 1. The van der Waals surface area contributed by atoms with Crippen LogP contribution < -0.4 is 5.73 Å². The van der Waals surface area contributed by atoms with Crippen LogP contribution in [0.1, 0.15) is 18.9 Å². The van der Waals surface area contributed by atoms with Crippen LogP contribution in [-0.2, 0) is 13.1 Å². The van der Waals surface area contributed by atoms with Crippen LogP contribution in [0.2, 0.25) is 0 Å². The molecule has 0 atom stereocenters. The van der Waals surface area contributed by atoms with Gasteiger partial charge < -0.3 is 10.3 Å². The Labute approximate surface area is 118 Å². The molecule has 0 bridgehead atoms. The molecular weight excluding hydrogens is 248 g/mol. The van der Waals surface area contributed by atoms with Gasteiger partial charge in [-0.15, -0.1) is 0 Å². The molecule has 0 radical (unpaired) electrons. The fourth-order valence-corrected chi connectivity index (χ4v) is 2.44. The third-order valence-electron chi connectivity index (χ3n) is 3.45. The summed E-state index contributed by atoms with van der Waals surface area (Å²) in [6.07, 6.45) is 4.71. The summed E-state index contributed by atoms with van der Waals surface area (Å²) in [7, 11) is 0. The maximum Gasteiger partial charge on any atom is 0.141 e. The van der Waals surface area contributed by atoms with Gasteiger partial charge in [0.2, 0.25) is 0 Å². The fraction of sp³-hybridized carbons (Fsp3) is 0.250. The molecule has 1 aromatic carbocycles. The molecule has 20 heavy (non-hydrogen) atoms. The topological polar surface area (TPSA) is 56.7 Å². The molecule has 2 heterocycles. The van der Waals surface area contributed by atoms with Crippen LogP contribution in [0.3, 0.4) is 0 Å². The molecule has 4 heteroatoms. The standard InChI is InChI=1S/C16H18N4/c1-2-9-20-15-7-8-18-11-14(15)19-16(20)13-5-3-12(10-17)4-6-13/h3-8,11H,2,9-10,17H2,1H3. The highest BCUT2D eigenvalue weighted by atomic mass is 15.1. The van der Waals surface area contributed by atoms with Crippen molar-refractivity contribution in [2.24, 2.45) is 5.73 Å². The van der Waals surface area contributed by atoms with Crippen molar-refractivity contribution >= 4 is 11.0 Å². The lowest BCUT2D eigenvalue weighted by Gasteiger charge is -2.08. The van der Waals surface area contributed by atoms with Gasteiger partial charge in [0.1, 0.15) is 11.3 Å². The van der Waals surface area contributed by atoms with Crippen LogP contribution >= 0.6 is 0 Å². The van der Waals surface area contributed by atoms with Gasteiger partial charge in [0.05, 0.1) is 11.7 Å². The minimum Gasteiger partial charge on any atom is -0.326 e. The second-order valence-corrected chi connectivity index (χ2v) is 4.85. The fourth-order valence-electron chi connectivity index (χ4n) is 2.44. The Morgan fingerprint density at radius 3 is 2.65 bits per heavy atom. The summed E-state index contributed by atoms with van der Waals surface area (Å²) in [6, 6.07) is 10.3. The van der Waals surface area contributed by atoms with E-state index in [4.69, 9.17) is 10.7 Å². The summed E-state index contributed by atoms with van der Waals surface area (Å²) in [5.74, 6) is 0.999. The minimum atomic E-state index is 0.565. The highest BCUT2D eigenvalue weighted by Crippen LogP contribution is 2.24. The van der Waals surface area contributed by atoms with E-state index in [0.717, 1.165) is 41.0 Å². The summed E-state index contributed by atoms with van der Waals surface area (Å²) in [6.45, 7) is 3.69. The number of fused-ring (bicyclic) bond motifs is 1. The van der Waals surface area contributed by atoms with Gasteiger partial charge in [-0.25, -0.2) is 4.98 Å². The summed E-state index contributed by atoms with van der Waals surface area (Å²) in [4.78, 5) is 8.88. The Morgan fingerprint density at radius 1 is 1.15 bits per heavy atom. The van der Waals surface area contributed by atoms with Gasteiger partial charge in [-0.3, -0.25) is 4.98 Å². The number of rotatable bonds is 4. The first-order chi connectivity index (χ1) is 9.83. The van der Waals surface area contributed by atoms with Crippen molar-refractivity contribution < 1.29 is 0 Å². The highest BCUT2D eigenvalue weighted by molar-refractivity contribution is 5.79. The van der Waals surface area contributed by atoms with Gasteiger partial charge in [0.15, 0.2) is 0 Å². The molecule has 0 spiro atoms. The Balaban J connectivity index is 2.15. The van der Waals surface area contributed by atoms with Gasteiger partial charge in [-0.2, -0.15) is 0 Å². The van der Waals surface area contributed by atoms with E-state index in [2.05, 4.69) is 40.7 Å². The number of hydrogen-bond donors (Lipinski definition) is 1. The average molecular weight is 266 g/mol. The van der Waals surface area contributed by atoms with E-state index in [9.17, 15) is 0 Å². The third-order valence-corrected chi connectivity index (χ3v) is 3.45. The van der Waals surface area contributed by atoms with Gasteiger partial charge in [0.25, 0.3) is 0 Å².